The second-order valence-corrected chi connectivity index (χ2v) is 6.50. The van der Waals surface area contributed by atoms with Gasteiger partial charge in [-0.15, -0.1) is 0 Å². The molecule has 0 unspecified atom stereocenters. The Labute approximate surface area is 175 Å². The summed E-state index contributed by atoms with van der Waals surface area (Å²) in [4.78, 5) is 48.5. The maximum absolute atomic E-state index is 12.7. The Morgan fingerprint density at radius 3 is 2.00 bits per heavy atom. The van der Waals surface area contributed by atoms with E-state index >= 15 is 0 Å². The van der Waals surface area contributed by atoms with Crippen LogP contribution in [-0.2, 0) is 19.1 Å². The van der Waals surface area contributed by atoms with E-state index in [4.69, 9.17) is 4.74 Å². The number of hydrogen-bond acceptors (Lipinski definition) is 5. The molecule has 2 aromatic carbocycles. The Balaban J connectivity index is 2.17. The van der Waals surface area contributed by atoms with Crippen molar-refractivity contribution in [3.05, 3.63) is 71.8 Å². The van der Waals surface area contributed by atoms with Crippen molar-refractivity contribution in [3.8, 4) is 0 Å². The second-order valence-electron chi connectivity index (χ2n) is 6.50. The third kappa shape index (κ3) is 7.05. The van der Waals surface area contributed by atoms with Gasteiger partial charge in [0.05, 0.1) is 12.5 Å². The van der Waals surface area contributed by atoms with Gasteiger partial charge >= 0.3 is 12.0 Å². The highest BCUT2D eigenvalue weighted by molar-refractivity contribution is 5.97. The van der Waals surface area contributed by atoms with Gasteiger partial charge in [-0.25, -0.2) is 4.79 Å². The normalized spacial score (nSPS) is 12.2. The molecule has 0 bridgehead atoms. The van der Waals surface area contributed by atoms with E-state index < -0.39 is 30.1 Å². The molecule has 0 saturated heterocycles. The Hall–Kier alpha value is -3.68. The number of hydrogen-bond donors (Lipinski definition) is 3. The lowest BCUT2D eigenvalue weighted by Crippen LogP contribution is -2.42. The Bertz CT molecular complexity index is 871. The summed E-state index contributed by atoms with van der Waals surface area (Å²) in [6, 6.07) is 16.1. The molecule has 0 aromatic heterocycles. The highest BCUT2D eigenvalue weighted by Crippen LogP contribution is 2.22. The van der Waals surface area contributed by atoms with Crippen molar-refractivity contribution in [2.45, 2.75) is 32.4 Å². The quantitative estimate of drug-likeness (QED) is 0.577. The lowest BCUT2D eigenvalue weighted by molar-refractivity contribution is -0.156. The third-order valence-electron chi connectivity index (χ3n) is 4.11. The molecule has 0 aliphatic heterocycles. The van der Waals surface area contributed by atoms with Gasteiger partial charge < -0.3 is 15.4 Å². The number of urea groups is 1. The van der Waals surface area contributed by atoms with Gasteiger partial charge in [-0.3, -0.25) is 19.7 Å². The fourth-order valence-electron chi connectivity index (χ4n) is 2.81. The standard InChI is InChI=1S/C22H25N3O5/c1-3-23-22(29)25-21(28)20(17-12-8-5-9-13-17)30-19(27)14-18(24-15(2)26)16-10-6-4-7-11-16/h4-13,18,20H,3,14H2,1-2H3,(H,24,26)(H2,23,25,28,29)/t18-,20+/m1/s1. The van der Waals surface area contributed by atoms with E-state index in [2.05, 4.69) is 16.0 Å². The summed E-state index contributed by atoms with van der Waals surface area (Å²) in [5.74, 6) is -1.76. The zero-order valence-corrected chi connectivity index (χ0v) is 16.9. The van der Waals surface area contributed by atoms with Crippen LogP contribution in [0.15, 0.2) is 60.7 Å². The van der Waals surface area contributed by atoms with E-state index in [1.807, 2.05) is 6.07 Å². The predicted molar refractivity (Wildman–Crippen MR) is 110 cm³/mol. The summed E-state index contributed by atoms with van der Waals surface area (Å²) >= 11 is 0. The van der Waals surface area contributed by atoms with Crippen LogP contribution in [0.25, 0.3) is 0 Å². The molecule has 158 valence electrons. The molecule has 2 rings (SSSR count). The van der Waals surface area contributed by atoms with Crippen molar-refractivity contribution < 1.29 is 23.9 Å². The Kier molecular flexibility index (Phi) is 8.56. The van der Waals surface area contributed by atoms with Gasteiger partial charge in [-0.2, -0.15) is 0 Å². The van der Waals surface area contributed by atoms with E-state index in [-0.39, 0.29) is 12.3 Å². The van der Waals surface area contributed by atoms with Crippen LogP contribution in [0.4, 0.5) is 4.79 Å². The Morgan fingerprint density at radius 2 is 1.47 bits per heavy atom. The van der Waals surface area contributed by atoms with Crippen LogP contribution in [0.3, 0.4) is 0 Å². The highest BCUT2D eigenvalue weighted by atomic mass is 16.5. The van der Waals surface area contributed by atoms with Crippen molar-refractivity contribution in [2.75, 3.05) is 6.54 Å². The predicted octanol–water partition coefficient (Wildman–Crippen LogP) is 2.38. The third-order valence-corrected chi connectivity index (χ3v) is 4.11. The van der Waals surface area contributed by atoms with Crippen LogP contribution >= 0.6 is 0 Å². The first-order chi connectivity index (χ1) is 14.4. The van der Waals surface area contributed by atoms with Gasteiger partial charge in [-0.05, 0) is 12.5 Å². The largest absolute Gasteiger partial charge is 0.447 e. The summed E-state index contributed by atoms with van der Waals surface area (Å²) in [7, 11) is 0. The van der Waals surface area contributed by atoms with Gasteiger partial charge in [0.1, 0.15) is 0 Å². The van der Waals surface area contributed by atoms with Crippen LogP contribution in [0.5, 0.6) is 0 Å². The summed E-state index contributed by atoms with van der Waals surface area (Å²) in [6.07, 6.45) is -1.49. The molecule has 0 spiro atoms. The van der Waals surface area contributed by atoms with Crippen molar-refractivity contribution >= 4 is 23.8 Å². The smallest absolute Gasteiger partial charge is 0.321 e. The molecule has 3 N–H and O–H groups in total. The summed E-state index contributed by atoms with van der Waals surface area (Å²) in [5.41, 5.74) is 1.15. The molecule has 0 aliphatic rings. The first-order valence-corrected chi connectivity index (χ1v) is 9.55. The van der Waals surface area contributed by atoms with Crippen molar-refractivity contribution in [1.29, 1.82) is 0 Å². The maximum atomic E-state index is 12.7. The molecule has 0 aliphatic carbocycles. The molecule has 0 saturated carbocycles. The van der Waals surface area contributed by atoms with Crippen molar-refractivity contribution in [1.82, 2.24) is 16.0 Å². The number of rotatable bonds is 8. The summed E-state index contributed by atoms with van der Waals surface area (Å²) < 4.78 is 5.43. The number of carbonyl (C=O) groups excluding carboxylic acids is 4. The minimum absolute atomic E-state index is 0.179. The van der Waals surface area contributed by atoms with Crippen LogP contribution in [0, 0.1) is 0 Å². The number of esters is 1. The monoisotopic (exact) mass is 411 g/mol. The molecule has 2 atom stereocenters. The maximum Gasteiger partial charge on any atom is 0.321 e. The van der Waals surface area contributed by atoms with Crippen molar-refractivity contribution in [2.24, 2.45) is 0 Å². The average molecular weight is 411 g/mol. The first kappa shape index (κ1) is 22.6. The molecule has 8 heteroatoms. The van der Waals surface area contributed by atoms with E-state index in [0.29, 0.717) is 12.1 Å². The molecular weight excluding hydrogens is 386 g/mol. The number of benzene rings is 2. The summed E-state index contributed by atoms with van der Waals surface area (Å²) in [6.45, 7) is 3.41. The van der Waals surface area contributed by atoms with E-state index in [1.54, 1.807) is 61.5 Å². The minimum Gasteiger partial charge on any atom is -0.447 e. The van der Waals surface area contributed by atoms with Gasteiger partial charge in [-0.1, -0.05) is 60.7 Å². The van der Waals surface area contributed by atoms with E-state index in [9.17, 15) is 19.2 Å². The molecule has 2 aromatic rings. The first-order valence-electron chi connectivity index (χ1n) is 9.55. The molecule has 0 radical (unpaired) electrons. The topological polar surface area (TPSA) is 114 Å². The second kappa shape index (κ2) is 11.4. The molecule has 4 amide bonds. The van der Waals surface area contributed by atoms with Gasteiger partial charge in [0.15, 0.2) is 0 Å². The fraction of sp³-hybridized carbons (Fsp3) is 0.273. The van der Waals surface area contributed by atoms with E-state index in [1.165, 1.54) is 6.92 Å². The number of amides is 4. The molecule has 8 nitrogen and oxygen atoms in total. The Morgan fingerprint density at radius 1 is 0.900 bits per heavy atom. The molecular formula is C22H25N3O5. The lowest BCUT2D eigenvalue weighted by Gasteiger charge is -2.21. The lowest BCUT2D eigenvalue weighted by atomic mass is 10.0. The van der Waals surface area contributed by atoms with Crippen LogP contribution in [0.2, 0.25) is 0 Å². The molecule has 0 heterocycles. The number of ether oxygens (including phenoxy) is 1. The molecule has 30 heavy (non-hydrogen) atoms. The van der Waals surface area contributed by atoms with Gasteiger partial charge in [0.2, 0.25) is 12.0 Å². The zero-order valence-electron chi connectivity index (χ0n) is 16.9. The number of nitrogens with one attached hydrogen (secondary N) is 3. The number of carbonyl (C=O) groups is 4. The fourth-order valence-corrected chi connectivity index (χ4v) is 2.81. The van der Waals surface area contributed by atoms with E-state index in [0.717, 1.165) is 5.56 Å². The zero-order chi connectivity index (χ0) is 21.9. The van der Waals surface area contributed by atoms with Gasteiger partial charge in [0.25, 0.3) is 5.91 Å². The van der Waals surface area contributed by atoms with Crippen LogP contribution < -0.4 is 16.0 Å². The number of imide groups is 1. The SMILES string of the molecule is CCNC(=O)NC(=O)[C@@H](OC(=O)C[C@@H](NC(C)=O)c1ccccc1)c1ccccc1. The summed E-state index contributed by atoms with van der Waals surface area (Å²) in [5, 5.41) is 7.33. The van der Waals surface area contributed by atoms with Gasteiger partial charge in [0, 0.05) is 19.0 Å². The minimum atomic E-state index is -1.31. The van der Waals surface area contributed by atoms with Crippen LogP contribution in [-0.4, -0.2) is 30.4 Å². The molecule has 0 fully saturated rings. The highest BCUT2D eigenvalue weighted by Gasteiger charge is 2.28. The van der Waals surface area contributed by atoms with Crippen LogP contribution in [0.1, 0.15) is 43.5 Å². The van der Waals surface area contributed by atoms with Crippen molar-refractivity contribution in [3.63, 3.8) is 0 Å². The average Bonchev–Trinajstić information content (AvgIpc) is 2.72.